The Bertz CT molecular complexity index is 1320. The highest BCUT2D eigenvalue weighted by Crippen LogP contribution is 2.41. The number of anilines is 2. The van der Waals surface area contributed by atoms with Crippen molar-refractivity contribution in [2.45, 2.75) is 38.9 Å². The normalized spacial score (nSPS) is 11.4. The van der Waals surface area contributed by atoms with Crippen molar-refractivity contribution >= 4 is 27.9 Å². The Morgan fingerprint density at radius 2 is 1.74 bits per heavy atom. The minimum absolute atomic E-state index is 0.0509. The number of ether oxygens (including phenoxy) is 1. The maximum atomic E-state index is 12.7. The van der Waals surface area contributed by atoms with Crippen LogP contribution in [0, 0.1) is 0 Å². The number of hydrogen-bond donors (Lipinski definition) is 3. The Morgan fingerprint density at radius 1 is 1.09 bits per heavy atom. The lowest BCUT2D eigenvalue weighted by Gasteiger charge is -2.19. The van der Waals surface area contributed by atoms with E-state index in [9.17, 15) is 13.2 Å². The molecule has 1 heterocycles. The van der Waals surface area contributed by atoms with Crippen molar-refractivity contribution in [1.29, 1.82) is 0 Å². The van der Waals surface area contributed by atoms with E-state index in [2.05, 4.69) is 9.97 Å². The maximum Gasteiger partial charge on any atom is 0.311 e. The molecule has 0 fully saturated rings. The number of nitrogens with two attached hydrogens (primary N) is 2. The molecule has 3 aromatic rings. The van der Waals surface area contributed by atoms with Crippen LogP contribution in [0.2, 0.25) is 0 Å². The summed E-state index contributed by atoms with van der Waals surface area (Å²) in [7, 11) is -3.94. The van der Waals surface area contributed by atoms with Gasteiger partial charge in [-0.25, -0.2) is 4.98 Å². The molecule has 186 valence electrons. The fraction of sp³-hybridized carbons (Fsp3) is 0.292. The Kier molecular flexibility index (Phi) is 7.80. The van der Waals surface area contributed by atoms with Crippen molar-refractivity contribution in [3.05, 3.63) is 59.3 Å². The molecule has 0 spiro atoms. The first-order chi connectivity index (χ1) is 16.5. The molecule has 0 aliphatic heterocycles. The van der Waals surface area contributed by atoms with Gasteiger partial charge in [0, 0.05) is 18.2 Å². The van der Waals surface area contributed by atoms with Crippen LogP contribution >= 0.6 is 0 Å². The lowest BCUT2D eigenvalue weighted by atomic mass is 9.97. The maximum absolute atomic E-state index is 12.7. The lowest BCUT2D eigenvalue weighted by Crippen LogP contribution is -2.20. The second kappa shape index (κ2) is 10.6. The summed E-state index contributed by atoms with van der Waals surface area (Å²) in [5.41, 5.74) is 14.5. The summed E-state index contributed by atoms with van der Waals surface area (Å²) in [5.74, 6) is -0.198. The number of carboxylic acids is 1. The molecule has 0 atom stereocenters. The number of hydrogen-bond acceptors (Lipinski definition) is 9. The van der Waals surface area contributed by atoms with Gasteiger partial charge >= 0.3 is 16.1 Å². The average Bonchev–Trinajstić information content (AvgIpc) is 2.76. The number of nitrogen functional groups attached to an aromatic ring is 2. The van der Waals surface area contributed by atoms with Crippen molar-refractivity contribution in [2.24, 2.45) is 0 Å². The van der Waals surface area contributed by atoms with E-state index in [1.54, 1.807) is 36.4 Å². The Morgan fingerprint density at radius 3 is 2.31 bits per heavy atom. The van der Waals surface area contributed by atoms with Crippen LogP contribution in [0.15, 0.2) is 42.6 Å². The molecule has 0 aliphatic rings. The predicted molar refractivity (Wildman–Crippen MR) is 133 cm³/mol. The van der Waals surface area contributed by atoms with Gasteiger partial charge in [0.15, 0.2) is 5.75 Å². The zero-order chi connectivity index (χ0) is 25.8. The molecule has 0 unspecified atom stereocenters. The molecule has 2 aromatic carbocycles. The molecule has 3 rings (SSSR count). The van der Waals surface area contributed by atoms with Gasteiger partial charge in [0.2, 0.25) is 5.95 Å². The van der Waals surface area contributed by atoms with E-state index in [4.69, 9.17) is 25.5 Å². The second-order valence-corrected chi connectivity index (χ2v) is 10.2. The van der Waals surface area contributed by atoms with Gasteiger partial charge in [-0.1, -0.05) is 24.3 Å². The van der Waals surface area contributed by atoms with Gasteiger partial charge in [-0.05, 0) is 49.6 Å². The third kappa shape index (κ3) is 6.38. The number of rotatable bonds is 10. The summed E-state index contributed by atoms with van der Waals surface area (Å²) >= 11 is 0. The SMILES string of the molecule is CCOc1cc(Cc2cnc(N)nc2N)cc(OS(=O)(=O)C(C)C)c1-c1ccc(CC(=O)O)cc1. The molecule has 0 radical (unpaired) electrons. The molecule has 35 heavy (non-hydrogen) atoms. The fourth-order valence-electron chi connectivity index (χ4n) is 3.34. The number of nitrogens with zero attached hydrogens (tertiary/aromatic N) is 2. The number of aromatic nitrogens is 2. The molecular formula is C24H28N4O6S. The largest absolute Gasteiger partial charge is 0.493 e. The summed E-state index contributed by atoms with van der Waals surface area (Å²) in [5, 5.41) is 8.26. The van der Waals surface area contributed by atoms with E-state index in [0.717, 1.165) is 0 Å². The van der Waals surface area contributed by atoms with Gasteiger partial charge in [-0.15, -0.1) is 0 Å². The first kappa shape index (κ1) is 25.8. The summed E-state index contributed by atoms with van der Waals surface area (Å²) < 4.78 is 36.9. The van der Waals surface area contributed by atoms with Crippen LogP contribution in [0.25, 0.3) is 11.1 Å². The predicted octanol–water partition coefficient (Wildman–Crippen LogP) is 3.04. The zero-order valence-corrected chi connectivity index (χ0v) is 20.5. The summed E-state index contributed by atoms with van der Waals surface area (Å²) in [6, 6.07) is 10.1. The van der Waals surface area contributed by atoms with Crippen molar-refractivity contribution in [1.82, 2.24) is 9.97 Å². The van der Waals surface area contributed by atoms with Gasteiger partial charge in [-0.2, -0.15) is 13.4 Å². The molecule has 1 aromatic heterocycles. The van der Waals surface area contributed by atoms with Gasteiger partial charge in [-0.3, -0.25) is 4.79 Å². The molecule has 0 bridgehead atoms. The number of aliphatic carboxylic acids is 1. The van der Waals surface area contributed by atoms with Crippen LogP contribution in [-0.2, 0) is 27.8 Å². The molecule has 0 aliphatic carbocycles. The summed E-state index contributed by atoms with van der Waals surface area (Å²) in [6.07, 6.45) is 1.66. The van der Waals surface area contributed by atoms with E-state index in [1.807, 2.05) is 6.92 Å². The fourth-order valence-corrected chi connectivity index (χ4v) is 3.92. The van der Waals surface area contributed by atoms with Crippen LogP contribution in [-0.4, -0.2) is 41.3 Å². The minimum atomic E-state index is -3.94. The molecule has 0 amide bonds. The van der Waals surface area contributed by atoms with E-state index in [0.29, 0.717) is 40.2 Å². The first-order valence-corrected chi connectivity index (χ1v) is 12.4. The van der Waals surface area contributed by atoms with Crippen molar-refractivity contribution in [3.8, 4) is 22.6 Å². The highest BCUT2D eigenvalue weighted by Gasteiger charge is 2.24. The highest BCUT2D eigenvalue weighted by atomic mass is 32.2. The minimum Gasteiger partial charge on any atom is -0.493 e. The molecule has 11 heteroatoms. The van der Waals surface area contributed by atoms with Gasteiger partial charge < -0.3 is 25.5 Å². The standard InChI is InChI=1S/C24H28N4O6S/c1-4-33-19-10-16(9-18-13-27-24(26)28-23(18)25)11-20(34-35(31,32)14(2)3)22(19)17-7-5-15(6-8-17)12-21(29)30/h5-8,10-11,13-14H,4,9,12H2,1-3H3,(H,29,30)(H4,25,26,27,28). The number of carbonyl (C=O) groups is 1. The number of carboxylic acid groups (broad SMARTS) is 1. The Hall–Kier alpha value is -3.86. The van der Waals surface area contributed by atoms with Crippen molar-refractivity contribution in [2.75, 3.05) is 18.1 Å². The number of benzene rings is 2. The van der Waals surface area contributed by atoms with E-state index < -0.39 is 21.3 Å². The third-order valence-corrected chi connectivity index (χ3v) is 6.68. The van der Waals surface area contributed by atoms with E-state index in [1.165, 1.54) is 20.0 Å². The van der Waals surface area contributed by atoms with E-state index in [-0.39, 0.29) is 30.4 Å². The zero-order valence-electron chi connectivity index (χ0n) is 19.7. The quantitative estimate of drug-likeness (QED) is 0.352. The highest BCUT2D eigenvalue weighted by molar-refractivity contribution is 7.87. The Balaban J connectivity index is 2.16. The summed E-state index contributed by atoms with van der Waals surface area (Å²) in [4.78, 5) is 19.0. The van der Waals surface area contributed by atoms with Crippen molar-refractivity contribution < 1.29 is 27.2 Å². The smallest absolute Gasteiger partial charge is 0.311 e. The van der Waals surface area contributed by atoms with Crippen molar-refractivity contribution in [3.63, 3.8) is 0 Å². The van der Waals surface area contributed by atoms with Gasteiger partial charge in [0.1, 0.15) is 11.6 Å². The molecule has 0 saturated heterocycles. The van der Waals surface area contributed by atoms with Gasteiger partial charge in [0.25, 0.3) is 0 Å². The molecule has 0 saturated carbocycles. The first-order valence-electron chi connectivity index (χ1n) is 10.9. The topological polar surface area (TPSA) is 168 Å². The monoisotopic (exact) mass is 500 g/mol. The van der Waals surface area contributed by atoms with Gasteiger partial charge in [0.05, 0.1) is 23.8 Å². The Labute approximate surface area is 204 Å². The molecule has 10 nitrogen and oxygen atoms in total. The second-order valence-electron chi connectivity index (χ2n) is 8.11. The molecule has 5 N–H and O–H groups in total. The van der Waals surface area contributed by atoms with Crippen LogP contribution in [0.1, 0.15) is 37.5 Å². The lowest BCUT2D eigenvalue weighted by molar-refractivity contribution is -0.136. The third-order valence-electron chi connectivity index (χ3n) is 5.12. The van der Waals surface area contributed by atoms with Crippen LogP contribution in [0.4, 0.5) is 11.8 Å². The molecular weight excluding hydrogens is 472 g/mol. The summed E-state index contributed by atoms with van der Waals surface area (Å²) in [6.45, 7) is 5.17. The van der Waals surface area contributed by atoms with Crippen LogP contribution in [0.5, 0.6) is 11.5 Å². The van der Waals surface area contributed by atoms with Crippen LogP contribution in [0.3, 0.4) is 0 Å². The average molecular weight is 501 g/mol. The van der Waals surface area contributed by atoms with Crippen LogP contribution < -0.4 is 20.4 Å². The van der Waals surface area contributed by atoms with E-state index >= 15 is 0 Å².